The summed E-state index contributed by atoms with van der Waals surface area (Å²) < 4.78 is 6.04. The van der Waals surface area contributed by atoms with Gasteiger partial charge in [-0.05, 0) is 4.92 Å². The van der Waals surface area contributed by atoms with Gasteiger partial charge in [0.15, 0.2) is 18.0 Å². The normalized spacial score (nSPS) is 10.1. The van der Waals surface area contributed by atoms with E-state index < -0.39 is 11.0 Å². The van der Waals surface area contributed by atoms with Gasteiger partial charge in [0.1, 0.15) is 0 Å². The Hall–Kier alpha value is -1.83. The Balaban J connectivity index is 2.97. The molecule has 0 saturated carbocycles. The second-order valence-corrected chi connectivity index (χ2v) is 3.35. The monoisotopic (exact) mass is 262 g/mol. The van der Waals surface area contributed by atoms with Crippen molar-refractivity contribution >= 4 is 23.6 Å². The first-order valence-corrected chi connectivity index (χ1v) is 5.14. The Morgan fingerprint density at radius 1 is 1.71 bits per heavy atom. The van der Waals surface area contributed by atoms with Crippen molar-refractivity contribution in [3.63, 3.8) is 0 Å². The maximum absolute atomic E-state index is 10.9. The molecule has 1 aromatic heterocycles. The highest BCUT2D eigenvalue weighted by Gasteiger charge is 2.24. The van der Waals surface area contributed by atoms with Crippen LogP contribution in [0.1, 0.15) is 11.4 Å². The fourth-order valence-corrected chi connectivity index (χ4v) is 1.45. The number of carbonyl (C=O) groups is 1. The minimum absolute atomic E-state index is 0.00805. The molecule has 1 rings (SSSR count). The van der Waals surface area contributed by atoms with Crippen molar-refractivity contribution in [3.8, 4) is 0 Å². The third kappa shape index (κ3) is 2.84. The van der Waals surface area contributed by atoms with Crippen molar-refractivity contribution in [2.45, 2.75) is 12.5 Å². The number of rotatable bonds is 4. The summed E-state index contributed by atoms with van der Waals surface area (Å²) >= 11 is 5.62. The number of imidazole rings is 1. The minimum atomic E-state index is -0.630. The molecule has 0 radical (unpaired) electrons. The number of amides is 1. The molecule has 94 valence electrons. The van der Waals surface area contributed by atoms with Gasteiger partial charge in [-0.1, -0.05) is 4.98 Å². The first-order chi connectivity index (χ1) is 8.01. The van der Waals surface area contributed by atoms with Crippen LogP contribution in [0.4, 0.5) is 10.7 Å². The van der Waals surface area contributed by atoms with Gasteiger partial charge in [0.2, 0.25) is 0 Å². The molecule has 0 aliphatic heterocycles. The largest absolute Gasteiger partial charge is 0.441 e. The average molecular weight is 263 g/mol. The zero-order valence-corrected chi connectivity index (χ0v) is 10.0. The van der Waals surface area contributed by atoms with E-state index in [9.17, 15) is 14.9 Å². The zero-order chi connectivity index (χ0) is 13.0. The fourth-order valence-electron chi connectivity index (χ4n) is 1.23. The predicted octanol–water partition coefficient (Wildman–Crippen LogP) is 0.923. The number of halogens is 1. The van der Waals surface area contributed by atoms with Gasteiger partial charge in [-0.15, -0.1) is 11.6 Å². The van der Waals surface area contributed by atoms with Gasteiger partial charge < -0.3 is 20.2 Å². The molecule has 0 aliphatic carbocycles. The molecule has 0 fully saturated rings. The number of alkyl carbamates (subject to hydrolysis) is 1. The number of aromatic nitrogens is 2. The van der Waals surface area contributed by atoms with Crippen LogP contribution in [0.5, 0.6) is 0 Å². The van der Waals surface area contributed by atoms with Crippen molar-refractivity contribution in [3.05, 3.63) is 21.5 Å². The Bertz CT molecular complexity index is 445. The molecule has 1 aromatic rings. The van der Waals surface area contributed by atoms with Gasteiger partial charge in [0.05, 0.1) is 12.9 Å². The molecule has 0 aromatic carbocycles. The topological polar surface area (TPSA) is 99.3 Å². The molecule has 1 amide bonds. The molecule has 8 nitrogen and oxygen atoms in total. The lowest BCUT2D eigenvalue weighted by molar-refractivity contribution is -0.396. The fraction of sp³-hybridized carbons (Fsp3) is 0.500. The third-order valence-corrected chi connectivity index (χ3v) is 2.36. The second kappa shape index (κ2) is 5.48. The Labute approximate surface area is 102 Å². The SMILES string of the molecule is CNC(=O)OCc1c(CCl)nc([N+](=O)[O-])n1C. The quantitative estimate of drug-likeness (QED) is 0.494. The number of hydrogen-bond donors (Lipinski definition) is 1. The van der Waals surface area contributed by atoms with E-state index in [0.717, 1.165) is 0 Å². The highest BCUT2D eigenvalue weighted by Crippen LogP contribution is 2.19. The lowest BCUT2D eigenvalue weighted by Gasteiger charge is -2.03. The standard InChI is InChI=1S/C8H11ClN4O4/c1-10-8(14)17-4-6-5(3-9)11-7(12(6)2)13(15)16/h3-4H2,1-2H3,(H,10,14). The molecular weight excluding hydrogens is 252 g/mol. The molecule has 1 N–H and O–H groups in total. The smallest absolute Gasteiger partial charge is 0.435 e. The Morgan fingerprint density at radius 3 is 2.82 bits per heavy atom. The Morgan fingerprint density at radius 2 is 2.35 bits per heavy atom. The number of hydrogen-bond acceptors (Lipinski definition) is 5. The lowest BCUT2D eigenvalue weighted by Crippen LogP contribution is -2.19. The van der Waals surface area contributed by atoms with E-state index >= 15 is 0 Å². The van der Waals surface area contributed by atoms with Gasteiger partial charge in [0.25, 0.3) is 0 Å². The number of carbonyl (C=O) groups excluding carboxylic acids is 1. The van der Waals surface area contributed by atoms with Crippen LogP contribution < -0.4 is 5.32 Å². The molecule has 17 heavy (non-hydrogen) atoms. The van der Waals surface area contributed by atoms with E-state index in [-0.39, 0.29) is 18.4 Å². The molecule has 0 atom stereocenters. The molecule has 9 heteroatoms. The summed E-state index contributed by atoms with van der Waals surface area (Å²) in [6.45, 7) is -0.126. The summed E-state index contributed by atoms with van der Waals surface area (Å²) in [6, 6.07) is 0. The zero-order valence-electron chi connectivity index (χ0n) is 9.27. The van der Waals surface area contributed by atoms with Crippen LogP contribution in [0.2, 0.25) is 0 Å². The second-order valence-electron chi connectivity index (χ2n) is 3.08. The van der Waals surface area contributed by atoms with Crippen LogP contribution in [0.3, 0.4) is 0 Å². The van der Waals surface area contributed by atoms with Gasteiger partial charge >= 0.3 is 12.0 Å². The number of nitrogens with one attached hydrogen (secondary N) is 1. The summed E-state index contributed by atoms with van der Waals surface area (Å²) in [6.07, 6.45) is -0.630. The van der Waals surface area contributed by atoms with Gasteiger partial charge in [-0.3, -0.25) is 0 Å². The summed E-state index contributed by atoms with van der Waals surface area (Å²) in [5, 5.41) is 12.9. The van der Waals surface area contributed by atoms with Gasteiger partial charge in [-0.2, -0.15) is 0 Å². The lowest BCUT2D eigenvalue weighted by atomic mass is 10.3. The molecule has 0 saturated heterocycles. The Kier molecular flexibility index (Phi) is 4.27. The van der Waals surface area contributed by atoms with Gasteiger partial charge in [0, 0.05) is 7.05 Å². The van der Waals surface area contributed by atoms with E-state index in [1.54, 1.807) is 0 Å². The van der Waals surface area contributed by atoms with Crippen molar-refractivity contribution in [1.29, 1.82) is 0 Å². The van der Waals surface area contributed by atoms with E-state index in [4.69, 9.17) is 16.3 Å². The number of ether oxygens (including phenoxy) is 1. The summed E-state index contributed by atoms with van der Waals surface area (Å²) in [4.78, 5) is 24.7. The molecule has 0 bridgehead atoms. The van der Waals surface area contributed by atoms with Gasteiger partial charge in [-0.25, -0.2) is 9.36 Å². The number of nitrogens with zero attached hydrogens (tertiary/aromatic N) is 3. The predicted molar refractivity (Wildman–Crippen MR) is 58.7 cm³/mol. The number of alkyl halides is 1. The minimum Gasteiger partial charge on any atom is -0.441 e. The van der Waals surface area contributed by atoms with Crippen molar-refractivity contribution in [2.75, 3.05) is 7.05 Å². The average Bonchev–Trinajstić information content (AvgIpc) is 2.63. The van der Waals surface area contributed by atoms with Crippen LogP contribution in [0.25, 0.3) is 0 Å². The van der Waals surface area contributed by atoms with E-state index in [0.29, 0.717) is 11.4 Å². The molecule has 0 unspecified atom stereocenters. The summed E-state index contributed by atoms with van der Waals surface area (Å²) in [5.41, 5.74) is 0.722. The molecule has 0 spiro atoms. The van der Waals surface area contributed by atoms with E-state index in [1.807, 2.05) is 0 Å². The van der Waals surface area contributed by atoms with Crippen LogP contribution in [0.15, 0.2) is 0 Å². The first kappa shape index (κ1) is 13.2. The summed E-state index contributed by atoms with van der Waals surface area (Å²) in [7, 11) is 2.88. The third-order valence-electron chi connectivity index (χ3n) is 2.11. The van der Waals surface area contributed by atoms with Crippen molar-refractivity contribution in [1.82, 2.24) is 14.9 Å². The highest BCUT2D eigenvalue weighted by atomic mass is 35.5. The maximum Gasteiger partial charge on any atom is 0.435 e. The van der Waals surface area contributed by atoms with Crippen LogP contribution in [-0.4, -0.2) is 27.6 Å². The van der Waals surface area contributed by atoms with E-state index in [1.165, 1.54) is 18.7 Å². The first-order valence-electron chi connectivity index (χ1n) is 4.60. The van der Waals surface area contributed by atoms with Crippen LogP contribution in [-0.2, 0) is 24.3 Å². The van der Waals surface area contributed by atoms with Crippen molar-refractivity contribution < 1.29 is 14.5 Å². The van der Waals surface area contributed by atoms with Crippen LogP contribution >= 0.6 is 11.6 Å². The van der Waals surface area contributed by atoms with Crippen molar-refractivity contribution in [2.24, 2.45) is 7.05 Å². The number of nitro groups is 1. The van der Waals surface area contributed by atoms with E-state index in [2.05, 4.69) is 10.3 Å². The summed E-state index contributed by atoms with van der Waals surface area (Å²) in [5.74, 6) is -0.329. The highest BCUT2D eigenvalue weighted by molar-refractivity contribution is 6.17. The molecular formula is C8H11ClN4O4. The molecule has 1 heterocycles. The maximum atomic E-state index is 10.9. The molecule has 0 aliphatic rings. The van der Waals surface area contributed by atoms with Crippen LogP contribution in [0, 0.1) is 10.1 Å².